The predicted molar refractivity (Wildman–Crippen MR) is 83.5 cm³/mol. The number of sulfonamides is 1. The maximum atomic E-state index is 14.0. The van der Waals surface area contributed by atoms with Crippen LogP contribution in [0.2, 0.25) is 0 Å². The molecule has 1 aromatic heterocycles. The van der Waals surface area contributed by atoms with Crippen LogP contribution in [0.15, 0.2) is 24.3 Å². The smallest absolute Gasteiger partial charge is 0.355 e. The number of nitrogens with zero attached hydrogens (tertiary/aromatic N) is 2. The van der Waals surface area contributed by atoms with Crippen LogP contribution in [0, 0.1) is 5.82 Å². The van der Waals surface area contributed by atoms with E-state index in [9.17, 15) is 26.4 Å². The number of anilines is 1. The van der Waals surface area contributed by atoms with E-state index >= 15 is 0 Å². The number of para-hydroxylation sites is 1. The number of carbonyl (C=O) groups is 1. The maximum absolute atomic E-state index is 14.0. The monoisotopic (exact) mass is 391 g/mol. The fourth-order valence-corrected chi connectivity index (χ4v) is 2.42. The van der Waals surface area contributed by atoms with Gasteiger partial charge in [0, 0.05) is 0 Å². The molecule has 0 atom stereocenters. The number of carbonyl (C=O) groups excluding carboxylic acids is 1. The summed E-state index contributed by atoms with van der Waals surface area (Å²) in [5.41, 5.74) is -1.51. The highest BCUT2D eigenvalue weighted by molar-refractivity contribution is 7.93. The Morgan fingerprint density at radius 2 is 1.73 bits per heavy atom. The van der Waals surface area contributed by atoms with Gasteiger partial charge in [0.05, 0.1) is 31.5 Å². The Hall–Kier alpha value is -2.89. The Bertz CT molecular complexity index is 915. The van der Waals surface area contributed by atoms with Crippen LogP contribution < -0.4 is 14.2 Å². The van der Waals surface area contributed by atoms with Crippen molar-refractivity contribution < 1.29 is 35.9 Å². The van der Waals surface area contributed by atoms with E-state index in [2.05, 4.69) is 9.97 Å². The predicted octanol–water partition coefficient (Wildman–Crippen LogP) is 1.83. The molecule has 0 amide bonds. The van der Waals surface area contributed by atoms with E-state index in [4.69, 9.17) is 9.47 Å². The summed E-state index contributed by atoms with van der Waals surface area (Å²) in [6.07, 6.45) is 0. The van der Waals surface area contributed by atoms with Gasteiger partial charge in [-0.15, -0.1) is 0 Å². The van der Waals surface area contributed by atoms with Gasteiger partial charge in [-0.3, -0.25) is 9.52 Å². The molecule has 2 aromatic rings. The first-order chi connectivity index (χ1) is 12.2. The molecule has 0 radical (unpaired) electrons. The number of aromatic nitrogens is 2. The lowest BCUT2D eigenvalue weighted by molar-refractivity contribution is 0.102. The first-order valence-corrected chi connectivity index (χ1v) is 8.34. The summed E-state index contributed by atoms with van der Waals surface area (Å²) in [4.78, 5) is 20.1. The fourth-order valence-electron chi connectivity index (χ4n) is 1.84. The molecule has 0 spiro atoms. The van der Waals surface area contributed by atoms with E-state index in [0.717, 1.165) is 18.2 Å². The van der Waals surface area contributed by atoms with Gasteiger partial charge < -0.3 is 9.47 Å². The van der Waals surface area contributed by atoms with E-state index in [0.29, 0.717) is 0 Å². The number of alkyl halides is 2. The van der Waals surface area contributed by atoms with Crippen molar-refractivity contribution >= 4 is 21.5 Å². The normalized spacial score (nSPS) is 11.3. The molecular weight excluding hydrogens is 379 g/mol. The lowest BCUT2D eigenvalue weighted by atomic mass is 10.1. The zero-order valence-corrected chi connectivity index (χ0v) is 14.2. The molecule has 0 aliphatic carbocycles. The minimum Gasteiger partial charge on any atom is -0.481 e. The van der Waals surface area contributed by atoms with Crippen LogP contribution >= 0.6 is 0 Å². The van der Waals surface area contributed by atoms with Gasteiger partial charge in [0.25, 0.3) is 10.0 Å². The summed E-state index contributed by atoms with van der Waals surface area (Å²) in [5.74, 6) is -6.69. The summed E-state index contributed by atoms with van der Waals surface area (Å²) in [6.45, 7) is 0. The van der Waals surface area contributed by atoms with Crippen molar-refractivity contribution in [2.24, 2.45) is 0 Å². The van der Waals surface area contributed by atoms with Gasteiger partial charge in [0.15, 0.2) is 0 Å². The second kappa shape index (κ2) is 7.56. The van der Waals surface area contributed by atoms with Gasteiger partial charge >= 0.3 is 5.76 Å². The highest BCUT2D eigenvalue weighted by Crippen LogP contribution is 2.26. The largest absolute Gasteiger partial charge is 0.481 e. The molecule has 0 bridgehead atoms. The SMILES string of the molecule is COc1cc(OC)nc(C(=O)c2cccc(F)c2NS(=O)(=O)C(F)F)n1. The topological polar surface area (TPSA) is 107 Å². The van der Waals surface area contributed by atoms with Crippen molar-refractivity contribution in [3.63, 3.8) is 0 Å². The molecule has 26 heavy (non-hydrogen) atoms. The van der Waals surface area contributed by atoms with Crippen molar-refractivity contribution in [3.8, 4) is 11.8 Å². The molecule has 2 rings (SSSR count). The molecule has 12 heteroatoms. The van der Waals surface area contributed by atoms with Crippen molar-refractivity contribution in [1.82, 2.24) is 9.97 Å². The van der Waals surface area contributed by atoms with Gasteiger partial charge in [-0.1, -0.05) is 6.07 Å². The molecule has 140 valence electrons. The van der Waals surface area contributed by atoms with E-state index in [1.54, 1.807) is 0 Å². The molecular formula is C14H12F3N3O5S. The molecule has 0 saturated heterocycles. The molecule has 1 aromatic carbocycles. The van der Waals surface area contributed by atoms with Crippen molar-refractivity contribution in [3.05, 3.63) is 41.5 Å². The summed E-state index contributed by atoms with van der Waals surface area (Å²) in [6, 6.07) is 4.19. The average Bonchev–Trinajstić information content (AvgIpc) is 2.62. The minimum atomic E-state index is -5.20. The Balaban J connectivity index is 2.56. The van der Waals surface area contributed by atoms with Crippen LogP contribution in [-0.4, -0.2) is 44.1 Å². The summed E-state index contributed by atoms with van der Waals surface area (Å²) < 4.78 is 73.0. The second-order valence-corrected chi connectivity index (χ2v) is 6.33. The fraction of sp³-hybridized carbons (Fsp3) is 0.214. The van der Waals surface area contributed by atoms with E-state index in [1.165, 1.54) is 25.0 Å². The van der Waals surface area contributed by atoms with E-state index < -0.39 is 44.5 Å². The quantitative estimate of drug-likeness (QED) is 0.718. The van der Waals surface area contributed by atoms with E-state index in [1.807, 2.05) is 0 Å². The van der Waals surface area contributed by atoms with Crippen molar-refractivity contribution in [1.29, 1.82) is 0 Å². The lowest BCUT2D eigenvalue weighted by Crippen LogP contribution is -2.23. The molecule has 0 fully saturated rings. The van der Waals surface area contributed by atoms with Gasteiger partial charge in [0.1, 0.15) is 5.82 Å². The van der Waals surface area contributed by atoms with Crippen LogP contribution in [0.1, 0.15) is 16.2 Å². The van der Waals surface area contributed by atoms with Crippen LogP contribution in [0.25, 0.3) is 0 Å². The van der Waals surface area contributed by atoms with Gasteiger partial charge in [-0.25, -0.2) is 12.8 Å². The maximum Gasteiger partial charge on any atom is 0.355 e. The molecule has 0 unspecified atom stereocenters. The summed E-state index contributed by atoms with van der Waals surface area (Å²) in [7, 11) is -2.67. The minimum absolute atomic E-state index is 0.0497. The Morgan fingerprint density at radius 1 is 1.15 bits per heavy atom. The number of halogens is 3. The Labute approximate surface area is 146 Å². The second-order valence-electron chi connectivity index (χ2n) is 4.68. The third-order valence-corrected chi connectivity index (χ3v) is 4.00. The van der Waals surface area contributed by atoms with Crippen molar-refractivity contribution in [2.45, 2.75) is 5.76 Å². The third-order valence-electron chi connectivity index (χ3n) is 3.04. The highest BCUT2D eigenvalue weighted by Gasteiger charge is 2.29. The number of methoxy groups -OCH3 is 2. The number of ether oxygens (including phenoxy) is 2. The zero-order valence-electron chi connectivity index (χ0n) is 13.4. The summed E-state index contributed by atoms with van der Waals surface area (Å²) in [5, 5.41) is 0. The number of ketones is 1. The van der Waals surface area contributed by atoms with Crippen LogP contribution in [0.5, 0.6) is 11.8 Å². The molecule has 1 N–H and O–H groups in total. The van der Waals surface area contributed by atoms with E-state index in [-0.39, 0.29) is 11.8 Å². The lowest BCUT2D eigenvalue weighted by Gasteiger charge is -2.12. The molecule has 0 aliphatic heterocycles. The number of hydrogen-bond donors (Lipinski definition) is 1. The Kier molecular flexibility index (Phi) is 5.65. The summed E-state index contributed by atoms with van der Waals surface area (Å²) >= 11 is 0. The van der Waals surface area contributed by atoms with Crippen LogP contribution in [0.4, 0.5) is 18.9 Å². The van der Waals surface area contributed by atoms with Crippen LogP contribution in [-0.2, 0) is 10.0 Å². The molecule has 8 nitrogen and oxygen atoms in total. The average molecular weight is 391 g/mol. The van der Waals surface area contributed by atoms with Gasteiger partial charge in [-0.2, -0.15) is 18.7 Å². The molecule has 0 aliphatic rings. The molecule has 0 saturated carbocycles. The number of nitrogens with one attached hydrogen (secondary N) is 1. The van der Waals surface area contributed by atoms with Gasteiger partial charge in [0.2, 0.25) is 23.4 Å². The number of rotatable bonds is 7. The molecule has 1 heterocycles. The Morgan fingerprint density at radius 3 is 2.23 bits per heavy atom. The van der Waals surface area contributed by atoms with Crippen molar-refractivity contribution in [2.75, 3.05) is 18.9 Å². The zero-order chi connectivity index (χ0) is 19.5. The van der Waals surface area contributed by atoms with Gasteiger partial charge in [-0.05, 0) is 12.1 Å². The number of hydrogen-bond acceptors (Lipinski definition) is 7. The first-order valence-electron chi connectivity index (χ1n) is 6.79. The first kappa shape index (κ1) is 19.4. The third kappa shape index (κ3) is 4.02. The highest BCUT2D eigenvalue weighted by atomic mass is 32.2. The standard InChI is InChI=1S/C14H12F3N3O5S/c1-24-9-6-10(25-2)19-13(18-9)12(21)7-4-3-5-8(15)11(7)20-26(22,23)14(16)17/h3-6,14,20H,1-2H3. The number of benzene rings is 1. The van der Waals surface area contributed by atoms with Crippen LogP contribution in [0.3, 0.4) is 0 Å².